The molecule has 0 aliphatic heterocycles. The first kappa shape index (κ1) is 13.7. The molecule has 0 fully saturated rings. The van der Waals surface area contributed by atoms with Gasteiger partial charge in [-0.25, -0.2) is 0 Å². The number of hydrogen-bond acceptors (Lipinski definition) is 4. The predicted octanol–water partition coefficient (Wildman–Crippen LogP) is 1.67. The van der Waals surface area contributed by atoms with Gasteiger partial charge in [-0.15, -0.1) is 0 Å². The summed E-state index contributed by atoms with van der Waals surface area (Å²) in [5.74, 6) is 0.714. The summed E-state index contributed by atoms with van der Waals surface area (Å²) in [6, 6.07) is 0. The topological polar surface area (TPSA) is 55.6 Å². The van der Waals surface area contributed by atoms with Gasteiger partial charge in [-0.3, -0.25) is 4.79 Å². The van der Waals surface area contributed by atoms with Gasteiger partial charge in [0.2, 0.25) is 5.91 Å². The van der Waals surface area contributed by atoms with E-state index in [1.54, 1.807) is 11.9 Å². The molecule has 0 N–H and O–H groups in total. The summed E-state index contributed by atoms with van der Waals surface area (Å²) in [5.41, 5.74) is 1.79. The molecule has 1 heterocycles. The molecule has 5 nitrogen and oxygen atoms in total. The second kappa shape index (κ2) is 5.82. The van der Waals surface area contributed by atoms with E-state index in [4.69, 9.17) is 9.26 Å². The van der Waals surface area contributed by atoms with Gasteiger partial charge in [0.25, 0.3) is 0 Å². The highest BCUT2D eigenvalue weighted by atomic mass is 16.5. The van der Waals surface area contributed by atoms with Gasteiger partial charge in [0.05, 0.1) is 18.3 Å². The number of carbonyl (C=O) groups is 1. The van der Waals surface area contributed by atoms with Gasteiger partial charge < -0.3 is 14.2 Å². The summed E-state index contributed by atoms with van der Waals surface area (Å²) in [7, 11) is 1.75. The number of amides is 1. The number of aromatic nitrogens is 1. The molecule has 0 aliphatic rings. The van der Waals surface area contributed by atoms with Crippen LogP contribution in [0.2, 0.25) is 0 Å². The van der Waals surface area contributed by atoms with Gasteiger partial charge in [-0.2, -0.15) is 0 Å². The number of rotatable bonds is 5. The van der Waals surface area contributed by atoms with Crippen LogP contribution in [0, 0.1) is 13.8 Å². The van der Waals surface area contributed by atoms with Crippen molar-refractivity contribution in [2.45, 2.75) is 40.3 Å². The minimum absolute atomic E-state index is 0.0429. The van der Waals surface area contributed by atoms with Crippen molar-refractivity contribution in [3.8, 4) is 0 Å². The van der Waals surface area contributed by atoms with Crippen LogP contribution in [0.25, 0.3) is 0 Å². The highest BCUT2D eigenvalue weighted by Crippen LogP contribution is 2.14. The van der Waals surface area contributed by atoms with E-state index < -0.39 is 0 Å². The van der Waals surface area contributed by atoms with E-state index in [0.29, 0.717) is 6.54 Å². The molecule has 0 atom stereocenters. The van der Waals surface area contributed by atoms with E-state index in [2.05, 4.69) is 5.16 Å². The Bertz CT molecular complexity index is 366. The molecule has 0 aromatic carbocycles. The summed E-state index contributed by atoms with van der Waals surface area (Å²) >= 11 is 0. The summed E-state index contributed by atoms with van der Waals surface area (Å²) in [4.78, 5) is 13.4. The second-order valence-corrected chi connectivity index (χ2v) is 4.41. The lowest BCUT2D eigenvalue weighted by Crippen LogP contribution is -2.31. The SMILES string of the molecule is Cc1noc(C)c1CN(C)C(=O)COC(C)C. The fraction of sp³-hybridized carbons (Fsp3) is 0.667. The molecular formula is C12H20N2O3. The van der Waals surface area contributed by atoms with Gasteiger partial charge in [0.15, 0.2) is 0 Å². The quantitative estimate of drug-likeness (QED) is 0.785. The van der Waals surface area contributed by atoms with Crippen molar-refractivity contribution in [1.82, 2.24) is 10.1 Å². The van der Waals surface area contributed by atoms with Crippen LogP contribution in [0.5, 0.6) is 0 Å². The van der Waals surface area contributed by atoms with Crippen LogP contribution in [-0.2, 0) is 16.1 Å². The van der Waals surface area contributed by atoms with Gasteiger partial charge >= 0.3 is 0 Å². The number of likely N-dealkylation sites (N-methyl/N-ethyl adjacent to an activating group) is 1. The van der Waals surface area contributed by atoms with E-state index >= 15 is 0 Å². The van der Waals surface area contributed by atoms with E-state index in [1.807, 2.05) is 27.7 Å². The van der Waals surface area contributed by atoms with E-state index in [-0.39, 0.29) is 18.6 Å². The molecule has 0 saturated heterocycles. The fourth-order valence-electron chi connectivity index (χ4n) is 1.40. The van der Waals surface area contributed by atoms with Crippen molar-refractivity contribution in [3.63, 3.8) is 0 Å². The Morgan fingerprint density at radius 1 is 1.47 bits per heavy atom. The van der Waals surface area contributed by atoms with Crippen LogP contribution in [-0.4, -0.2) is 35.7 Å². The summed E-state index contributed by atoms with van der Waals surface area (Å²) < 4.78 is 10.3. The Hall–Kier alpha value is -1.36. The fourth-order valence-corrected chi connectivity index (χ4v) is 1.40. The maximum Gasteiger partial charge on any atom is 0.248 e. The molecule has 0 unspecified atom stereocenters. The first-order chi connectivity index (χ1) is 7.91. The predicted molar refractivity (Wildman–Crippen MR) is 63.5 cm³/mol. The molecule has 0 spiro atoms. The molecule has 5 heteroatoms. The Morgan fingerprint density at radius 3 is 2.59 bits per heavy atom. The Balaban J connectivity index is 2.54. The van der Waals surface area contributed by atoms with E-state index in [0.717, 1.165) is 17.0 Å². The first-order valence-corrected chi connectivity index (χ1v) is 5.69. The maximum absolute atomic E-state index is 11.7. The highest BCUT2D eigenvalue weighted by Gasteiger charge is 2.15. The molecule has 1 aromatic rings. The van der Waals surface area contributed by atoms with Crippen molar-refractivity contribution < 1.29 is 14.1 Å². The van der Waals surface area contributed by atoms with Crippen LogP contribution in [0.4, 0.5) is 0 Å². The monoisotopic (exact) mass is 240 g/mol. The van der Waals surface area contributed by atoms with Crippen LogP contribution in [0.3, 0.4) is 0 Å². The normalized spacial score (nSPS) is 10.9. The van der Waals surface area contributed by atoms with E-state index in [1.165, 1.54) is 0 Å². The highest BCUT2D eigenvalue weighted by molar-refractivity contribution is 5.77. The smallest absolute Gasteiger partial charge is 0.248 e. The van der Waals surface area contributed by atoms with Gasteiger partial charge in [0.1, 0.15) is 12.4 Å². The molecular weight excluding hydrogens is 220 g/mol. The molecule has 17 heavy (non-hydrogen) atoms. The maximum atomic E-state index is 11.7. The average Bonchev–Trinajstić information content (AvgIpc) is 2.57. The molecule has 1 aromatic heterocycles. The molecule has 0 saturated carbocycles. The molecule has 0 bridgehead atoms. The lowest BCUT2D eigenvalue weighted by molar-refractivity contribution is -0.136. The largest absolute Gasteiger partial charge is 0.369 e. The van der Waals surface area contributed by atoms with Crippen LogP contribution < -0.4 is 0 Å². The van der Waals surface area contributed by atoms with Gasteiger partial charge in [0, 0.05) is 12.6 Å². The Morgan fingerprint density at radius 2 is 2.12 bits per heavy atom. The van der Waals surface area contributed by atoms with Crippen LogP contribution in [0.1, 0.15) is 30.9 Å². The Kier molecular flexibility index (Phi) is 4.69. The molecule has 1 rings (SSSR count). The lowest BCUT2D eigenvalue weighted by atomic mass is 10.2. The number of hydrogen-bond donors (Lipinski definition) is 0. The number of ether oxygens (including phenoxy) is 1. The van der Waals surface area contributed by atoms with Crippen molar-refractivity contribution in [1.29, 1.82) is 0 Å². The van der Waals surface area contributed by atoms with Crippen molar-refractivity contribution in [2.24, 2.45) is 0 Å². The van der Waals surface area contributed by atoms with Crippen molar-refractivity contribution in [2.75, 3.05) is 13.7 Å². The van der Waals surface area contributed by atoms with E-state index in [9.17, 15) is 4.79 Å². The first-order valence-electron chi connectivity index (χ1n) is 5.69. The summed E-state index contributed by atoms with van der Waals surface area (Å²) in [5, 5.41) is 3.86. The van der Waals surface area contributed by atoms with Crippen molar-refractivity contribution >= 4 is 5.91 Å². The van der Waals surface area contributed by atoms with Gasteiger partial charge in [-0.05, 0) is 27.7 Å². The van der Waals surface area contributed by atoms with Crippen molar-refractivity contribution in [3.05, 3.63) is 17.0 Å². The number of nitrogens with zero attached hydrogens (tertiary/aromatic N) is 2. The minimum atomic E-state index is -0.0429. The minimum Gasteiger partial charge on any atom is -0.369 e. The number of aryl methyl sites for hydroxylation is 2. The van der Waals surface area contributed by atoms with Crippen LogP contribution >= 0.6 is 0 Å². The molecule has 0 radical (unpaired) electrons. The number of carbonyl (C=O) groups excluding carboxylic acids is 1. The van der Waals surface area contributed by atoms with Gasteiger partial charge in [-0.1, -0.05) is 5.16 Å². The average molecular weight is 240 g/mol. The zero-order chi connectivity index (χ0) is 13.0. The molecule has 96 valence electrons. The standard InChI is InChI=1S/C12H20N2O3/c1-8(2)16-7-12(15)14(5)6-11-9(3)13-17-10(11)4/h8H,6-7H2,1-5H3. The zero-order valence-corrected chi connectivity index (χ0v) is 11.1. The lowest BCUT2D eigenvalue weighted by Gasteiger charge is -2.17. The third-order valence-electron chi connectivity index (χ3n) is 2.54. The second-order valence-electron chi connectivity index (χ2n) is 4.41. The summed E-state index contributed by atoms with van der Waals surface area (Å²) in [6.07, 6.45) is 0.0615. The Labute approximate surface area is 102 Å². The third-order valence-corrected chi connectivity index (χ3v) is 2.54. The molecule has 1 amide bonds. The summed E-state index contributed by atoms with van der Waals surface area (Å²) in [6.45, 7) is 8.13. The molecule has 0 aliphatic carbocycles. The third kappa shape index (κ3) is 3.85. The van der Waals surface area contributed by atoms with Crippen LogP contribution in [0.15, 0.2) is 4.52 Å². The zero-order valence-electron chi connectivity index (χ0n) is 11.1.